The number of aryl methyl sites for hydroxylation is 1. The van der Waals surface area contributed by atoms with Gasteiger partial charge in [-0.15, -0.1) is 0 Å². The van der Waals surface area contributed by atoms with Crippen LogP contribution in [0.5, 0.6) is 0 Å². The molecule has 0 spiro atoms. The van der Waals surface area contributed by atoms with Crippen LogP contribution in [0.25, 0.3) is 0 Å². The van der Waals surface area contributed by atoms with E-state index in [0.29, 0.717) is 0 Å². The van der Waals surface area contributed by atoms with E-state index < -0.39 is 0 Å². The Bertz CT molecular complexity index is 522. The molecule has 0 heterocycles. The Kier molecular flexibility index (Phi) is 6.36. The van der Waals surface area contributed by atoms with Crippen molar-refractivity contribution in [1.82, 2.24) is 0 Å². The summed E-state index contributed by atoms with van der Waals surface area (Å²) in [5, 5.41) is 8.87. The molecule has 0 aromatic heterocycles. The summed E-state index contributed by atoms with van der Waals surface area (Å²) in [6, 6.07) is 10.4. The maximum absolute atomic E-state index is 8.87. The second-order valence-electron chi connectivity index (χ2n) is 8.32. The molecular formula is C23H33N. The molecule has 0 radical (unpaired) electrons. The number of benzene rings is 1. The van der Waals surface area contributed by atoms with Crippen LogP contribution in [0.4, 0.5) is 0 Å². The Balaban J connectivity index is 1.38. The van der Waals surface area contributed by atoms with E-state index >= 15 is 0 Å². The smallest absolute Gasteiger partial charge is 0.0991 e. The van der Waals surface area contributed by atoms with Crippen LogP contribution in [-0.2, 0) is 6.42 Å². The van der Waals surface area contributed by atoms with Crippen LogP contribution in [0, 0.1) is 35.0 Å². The highest BCUT2D eigenvalue weighted by atomic mass is 14.4. The second-order valence-corrected chi connectivity index (χ2v) is 8.32. The summed E-state index contributed by atoms with van der Waals surface area (Å²) in [7, 11) is 0. The first-order valence-electron chi connectivity index (χ1n) is 10.3. The lowest BCUT2D eigenvalue weighted by Crippen LogP contribution is -2.25. The lowest BCUT2D eigenvalue weighted by molar-refractivity contribution is 0.142. The van der Waals surface area contributed by atoms with Gasteiger partial charge in [0.05, 0.1) is 11.6 Å². The number of nitriles is 1. The molecule has 0 bridgehead atoms. The van der Waals surface area contributed by atoms with E-state index in [1.54, 1.807) is 0 Å². The minimum absolute atomic E-state index is 0.775. The summed E-state index contributed by atoms with van der Waals surface area (Å²) in [6.07, 6.45) is 15.8. The van der Waals surface area contributed by atoms with E-state index in [-0.39, 0.29) is 0 Å². The molecular weight excluding hydrogens is 290 g/mol. The molecule has 24 heavy (non-hydrogen) atoms. The van der Waals surface area contributed by atoms with E-state index in [1.165, 1.54) is 76.2 Å². The maximum Gasteiger partial charge on any atom is 0.0991 e. The van der Waals surface area contributed by atoms with Gasteiger partial charge in [0.1, 0.15) is 0 Å². The third kappa shape index (κ3) is 4.62. The van der Waals surface area contributed by atoms with Gasteiger partial charge in [0.2, 0.25) is 0 Å². The van der Waals surface area contributed by atoms with Crippen molar-refractivity contribution < 1.29 is 0 Å². The fourth-order valence-corrected chi connectivity index (χ4v) is 5.13. The summed E-state index contributed by atoms with van der Waals surface area (Å²) in [4.78, 5) is 0. The summed E-state index contributed by atoms with van der Waals surface area (Å²) < 4.78 is 0. The highest BCUT2D eigenvalue weighted by molar-refractivity contribution is 5.31. The van der Waals surface area contributed by atoms with Crippen LogP contribution in [-0.4, -0.2) is 0 Å². The molecule has 2 saturated carbocycles. The quantitative estimate of drug-likeness (QED) is 0.605. The molecule has 0 N–H and O–H groups in total. The van der Waals surface area contributed by atoms with Crippen LogP contribution in [0.3, 0.4) is 0 Å². The summed E-state index contributed by atoms with van der Waals surface area (Å²) >= 11 is 0. The lowest BCUT2D eigenvalue weighted by atomic mass is 9.68. The van der Waals surface area contributed by atoms with Gasteiger partial charge in [-0.1, -0.05) is 51.2 Å². The minimum atomic E-state index is 0.775. The average molecular weight is 324 g/mol. The van der Waals surface area contributed by atoms with Crippen molar-refractivity contribution in [2.45, 2.75) is 77.6 Å². The van der Waals surface area contributed by atoms with Gasteiger partial charge < -0.3 is 0 Å². The molecule has 130 valence electrons. The summed E-state index contributed by atoms with van der Waals surface area (Å²) in [6.45, 7) is 2.37. The Labute approximate surface area is 148 Å². The summed E-state index contributed by atoms with van der Waals surface area (Å²) in [5.41, 5.74) is 2.17. The van der Waals surface area contributed by atoms with Crippen molar-refractivity contribution in [3.63, 3.8) is 0 Å². The van der Waals surface area contributed by atoms with Crippen LogP contribution in [0.1, 0.15) is 82.3 Å². The molecule has 1 aromatic carbocycles. The van der Waals surface area contributed by atoms with E-state index in [1.807, 2.05) is 12.1 Å². The Morgan fingerprint density at radius 3 is 1.88 bits per heavy atom. The normalized spacial score (nSPS) is 30.7. The van der Waals surface area contributed by atoms with Gasteiger partial charge in [-0.25, -0.2) is 0 Å². The SMILES string of the molecule is CCC1CCC(C2CCC(CCc3ccc(C#N)cc3)CC2)CC1. The van der Waals surface area contributed by atoms with Crippen LogP contribution in [0.15, 0.2) is 24.3 Å². The van der Waals surface area contributed by atoms with Gasteiger partial charge in [0.25, 0.3) is 0 Å². The van der Waals surface area contributed by atoms with E-state index in [4.69, 9.17) is 5.26 Å². The number of hydrogen-bond acceptors (Lipinski definition) is 1. The molecule has 0 atom stereocenters. The molecule has 0 saturated heterocycles. The Hall–Kier alpha value is -1.29. The van der Waals surface area contributed by atoms with Crippen molar-refractivity contribution in [3.8, 4) is 6.07 Å². The molecule has 0 unspecified atom stereocenters. The number of nitrogens with zero attached hydrogens (tertiary/aromatic N) is 1. The third-order valence-corrected chi connectivity index (χ3v) is 6.95. The topological polar surface area (TPSA) is 23.8 Å². The molecule has 2 aliphatic rings. The van der Waals surface area contributed by atoms with Gasteiger partial charge in [-0.05, 0) is 79.9 Å². The van der Waals surface area contributed by atoms with E-state index in [2.05, 4.69) is 25.1 Å². The Morgan fingerprint density at radius 2 is 1.38 bits per heavy atom. The van der Waals surface area contributed by atoms with Gasteiger partial charge in [-0.2, -0.15) is 5.26 Å². The van der Waals surface area contributed by atoms with Gasteiger partial charge >= 0.3 is 0 Å². The van der Waals surface area contributed by atoms with Crippen LogP contribution >= 0.6 is 0 Å². The fourth-order valence-electron chi connectivity index (χ4n) is 5.13. The van der Waals surface area contributed by atoms with Crippen LogP contribution < -0.4 is 0 Å². The molecule has 1 aromatic rings. The fraction of sp³-hybridized carbons (Fsp3) is 0.696. The minimum Gasteiger partial charge on any atom is -0.192 e. The van der Waals surface area contributed by atoms with Gasteiger partial charge in [0.15, 0.2) is 0 Å². The van der Waals surface area contributed by atoms with Crippen molar-refractivity contribution in [1.29, 1.82) is 5.26 Å². The zero-order valence-corrected chi connectivity index (χ0v) is 15.3. The second kappa shape index (κ2) is 8.70. The van der Waals surface area contributed by atoms with Gasteiger partial charge in [-0.3, -0.25) is 0 Å². The van der Waals surface area contributed by atoms with Crippen LogP contribution in [0.2, 0.25) is 0 Å². The van der Waals surface area contributed by atoms with E-state index in [9.17, 15) is 0 Å². The third-order valence-electron chi connectivity index (χ3n) is 6.95. The van der Waals surface area contributed by atoms with Crippen molar-refractivity contribution in [2.24, 2.45) is 23.7 Å². The lowest BCUT2D eigenvalue weighted by Gasteiger charge is -2.37. The molecule has 2 fully saturated rings. The van der Waals surface area contributed by atoms with Crippen molar-refractivity contribution in [2.75, 3.05) is 0 Å². The predicted octanol–water partition coefficient (Wildman–Crippen LogP) is 6.51. The molecule has 0 aliphatic heterocycles. The number of hydrogen-bond donors (Lipinski definition) is 0. The molecule has 1 heteroatoms. The monoisotopic (exact) mass is 323 g/mol. The zero-order chi connectivity index (χ0) is 16.8. The van der Waals surface area contributed by atoms with Crippen molar-refractivity contribution in [3.05, 3.63) is 35.4 Å². The number of rotatable bonds is 5. The zero-order valence-electron chi connectivity index (χ0n) is 15.3. The first-order chi connectivity index (χ1) is 11.8. The predicted molar refractivity (Wildman–Crippen MR) is 101 cm³/mol. The first kappa shape index (κ1) is 17.5. The maximum atomic E-state index is 8.87. The average Bonchev–Trinajstić information content (AvgIpc) is 2.67. The highest BCUT2D eigenvalue weighted by Gasteiger charge is 2.30. The first-order valence-corrected chi connectivity index (χ1v) is 10.3. The van der Waals surface area contributed by atoms with E-state index in [0.717, 1.165) is 29.2 Å². The largest absolute Gasteiger partial charge is 0.192 e. The Morgan fingerprint density at radius 1 is 0.833 bits per heavy atom. The molecule has 2 aliphatic carbocycles. The summed E-state index contributed by atoms with van der Waals surface area (Å²) in [5.74, 6) is 4.05. The molecule has 1 nitrogen and oxygen atoms in total. The highest BCUT2D eigenvalue weighted by Crippen LogP contribution is 2.42. The van der Waals surface area contributed by atoms with Gasteiger partial charge in [0, 0.05) is 0 Å². The van der Waals surface area contributed by atoms with Crippen molar-refractivity contribution >= 4 is 0 Å². The molecule has 3 rings (SSSR count). The molecule has 0 amide bonds. The standard InChI is InChI=1S/C23H33N/c1-2-18-9-13-22(14-10-18)23-15-11-20(12-16-23)4-3-19-5-7-21(17-24)8-6-19/h5-8,18,20,22-23H,2-4,9-16H2,1H3.